The van der Waals surface area contributed by atoms with E-state index in [0.717, 1.165) is 0 Å². The number of benzene rings is 1. The van der Waals surface area contributed by atoms with Crippen molar-refractivity contribution in [1.82, 2.24) is 16.0 Å². The monoisotopic (exact) mass is 500 g/mol. The van der Waals surface area contributed by atoms with Gasteiger partial charge in [0, 0.05) is 17.9 Å². The fourth-order valence-electron chi connectivity index (χ4n) is 2.87. The molecule has 0 aliphatic heterocycles. The van der Waals surface area contributed by atoms with Gasteiger partial charge in [-0.1, -0.05) is 26.0 Å². The molecule has 7 N–H and O–H groups in total. The Labute approximate surface area is 203 Å². The zero-order chi connectivity index (χ0) is 25.1. The maximum Gasteiger partial charge on any atom is 0.326 e. The van der Waals surface area contributed by atoms with Crippen LogP contribution < -0.4 is 21.7 Å². The van der Waals surface area contributed by atoms with E-state index in [1.807, 2.05) is 13.8 Å². The molecule has 0 heterocycles. The Balaban J connectivity index is 2.92. The molecular weight excluding hydrogens is 468 g/mol. The summed E-state index contributed by atoms with van der Waals surface area (Å²) >= 11 is 8.03. The first kappa shape index (κ1) is 28.6. The highest BCUT2D eigenvalue weighted by molar-refractivity contribution is 7.80. The zero-order valence-corrected chi connectivity index (χ0v) is 20.3. The summed E-state index contributed by atoms with van der Waals surface area (Å²) < 4.78 is 0. The van der Waals surface area contributed by atoms with Gasteiger partial charge in [-0.25, -0.2) is 4.79 Å². The van der Waals surface area contributed by atoms with Gasteiger partial charge in [0.2, 0.25) is 17.7 Å². The van der Waals surface area contributed by atoms with Gasteiger partial charge in [0.25, 0.3) is 0 Å². The van der Waals surface area contributed by atoms with E-state index in [4.69, 9.17) is 5.73 Å². The number of aliphatic carboxylic acids is 1. The second-order valence-electron chi connectivity index (χ2n) is 7.99. The van der Waals surface area contributed by atoms with Crippen molar-refractivity contribution in [2.75, 3.05) is 11.5 Å². The zero-order valence-electron chi connectivity index (χ0n) is 18.5. The fourth-order valence-corrected chi connectivity index (χ4v) is 3.29. The minimum absolute atomic E-state index is 0.00285. The number of carbonyl (C=O) groups is 4. The van der Waals surface area contributed by atoms with E-state index in [2.05, 4.69) is 41.2 Å². The number of phenolic OH excluding ortho intramolecular Hbond substituents is 1. The normalized spacial score (nSPS) is 14.6. The maximum atomic E-state index is 12.9. The minimum atomic E-state index is -1.25. The Hall–Kier alpha value is -2.44. The van der Waals surface area contributed by atoms with Gasteiger partial charge in [0.1, 0.15) is 23.9 Å². The van der Waals surface area contributed by atoms with Crippen LogP contribution in [0.15, 0.2) is 24.3 Å². The summed E-state index contributed by atoms with van der Waals surface area (Å²) in [6.07, 6.45) is 0.229. The molecule has 0 spiro atoms. The molecule has 0 radical (unpaired) electrons. The molecule has 33 heavy (non-hydrogen) atoms. The van der Waals surface area contributed by atoms with Crippen molar-refractivity contribution in [2.24, 2.45) is 11.7 Å². The summed E-state index contributed by atoms with van der Waals surface area (Å²) in [5.74, 6) is -3.04. The number of aromatic hydroxyl groups is 1. The number of phenols is 1. The Morgan fingerprint density at radius 1 is 0.879 bits per heavy atom. The lowest BCUT2D eigenvalue weighted by Crippen LogP contribution is -2.58. The molecule has 1 rings (SSSR count). The van der Waals surface area contributed by atoms with Crippen LogP contribution >= 0.6 is 25.3 Å². The van der Waals surface area contributed by atoms with E-state index in [-0.39, 0.29) is 36.0 Å². The van der Waals surface area contributed by atoms with E-state index < -0.39 is 47.9 Å². The summed E-state index contributed by atoms with van der Waals surface area (Å²) in [4.78, 5) is 49.3. The van der Waals surface area contributed by atoms with Crippen LogP contribution in [-0.2, 0) is 25.6 Å². The van der Waals surface area contributed by atoms with Gasteiger partial charge >= 0.3 is 5.97 Å². The quantitative estimate of drug-likeness (QED) is 0.172. The number of rotatable bonds is 13. The number of thiol groups is 2. The number of carboxylic acids is 1. The summed E-state index contributed by atoms with van der Waals surface area (Å²) in [7, 11) is 0. The average Bonchev–Trinajstić information content (AvgIpc) is 2.76. The highest BCUT2D eigenvalue weighted by Gasteiger charge is 2.30. The van der Waals surface area contributed by atoms with E-state index >= 15 is 0 Å². The van der Waals surface area contributed by atoms with E-state index in [0.29, 0.717) is 5.56 Å². The number of nitrogens with two attached hydrogens (primary N) is 1. The number of hydrogen-bond donors (Lipinski definition) is 8. The SMILES string of the molecule is CC(C)CC(NC(=O)C(CS)NC(=O)C(N)CS)C(=O)NC(Cc1ccc(O)cc1)C(=O)O. The lowest BCUT2D eigenvalue weighted by atomic mass is 10.0. The van der Waals surface area contributed by atoms with E-state index in [1.165, 1.54) is 12.1 Å². The molecule has 1 aromatic rings. The molecule has 1 aromatic carbocycles. The molecule has 12 heteroatoms. The van der Waals surface area contributed by atoms with Gasteiger partial charge < -0.3 is 31.9 Å². The third-order valence-electron chi connectivity index (χ3n) is 4.68. The number of amides is 3. The molecular formula is C21H32N4O6S2. The van der Waals surface area contributed by atoms with Crippen LogP contribution in [0.25, 0.3) is 0 Å². The Morgan fingerprint density at radius 3 is 1.88 bits per heavy atom. The number of carboxylic acid groups (broad SMARTS) is 1. The third kappa shape index (κ3) is 9.93. The molecule has 0 fully saturated rings. The van der Waals surface area contributed by atoms with Crippen molar-refractivity contribution >= 4 is 48.9 Å². The Kier molecular flexibility index (Phi) is 12.1. The topological polar surface area (TPSA) is 171 Å². The van der Waals surface area contributed by atoms with Crippen LogP contribution in [0.5, 0.6) is 5.75 Å². The lowest BCUT2D eigenvalue weighted by molar-refractivity contribution is -0.142. The Bertz CT molecular complexity index is 821. The summed E-state index contributed by atoms with van der Waals surface area (Å²) in [6, 6.07) is 1.73. The second kappa shape index (κ2) is 14.0. The molecule has 3 amide bonds. The largest absolute Gasteiger partial charge is 0.508 e. The van der Waals surface area contributed by atoms with E-state index in [1.54, 1.807) is 12.1 Å². The second-order valence-corrected chi connectivity index (χ2v) is 8.72. The van der Waals surface area contributed by atoms with Crippen LogP contribution in [-0.4, -0.2) is 69.6 Å². The van der Waals surface area contributed by atoms with Gasteiger partial charge in [0.05, 0.1) is 6.04 Å². The summed E-state index contributed by atoms with van der Waals surface area (Å²) in [5, 5.41) is 26.4. The van der Waals surface area contributed by atoms with Crippen molar-refractivity contribution < 1.29 is 29.4 Å². The molecule has 4 atom stereocenters. The highest BCUT2D eigenvalue weighted by Crippen LogP contribution is 2.12. The summed E-state index contributed by atoms with van der Waals surface area (Å²) in [5.41, 5.74) is 6.21. The smallest absolute Gasteiger partial charge is 0.326 e. The van der Waals surface area contributed by atoms with Crippen LogP contribution in [0.4, 0.5) is 0 Å². The van der Waals surface area contributed by atoms with Crippen molar-refractivity contribution in [3.63, 3.8) is 0 Å². The first-order chi connectivity index (χ1) is 15.5. The third-order valence-corrected chi connectivity index (χ3v) is 5.44. The van der Waals surface area contributed by atoms with Crippen LogP contribution in [0.2, 0.25) is 0 Å². The van der Waals surface area contributed by atoms with Gasteiger partial charge in [-0.2, -0.15) is 25.3 Å². The van der Waals surface area contributed by atoms with Gasteiger partial charge in [-0.3, -0.25) is 14.4 Å². The molecule has 0 bridgehead atoms. The molecule has 10 nitrogen and oxygen atoms in total. The molecule has 0 saturated carbocycles. The molecule has 4 unspecified atom stereocenters. The molecule has 0 aromatic heterocycles. The fraction of sp³-hybridized carbons (Fsp3) is 0.524. The predicted octanol–water partition coefficient (Wildman–Crippen LogP) is -0.293. The summed E-state index contributed by atoms with van der Waals surface area (Å²) in [6.45, 7) is 3.70. The molecule has 0 saturated heterocycles. The van der Waals surface area contributed by atoms with Crippen molar-refractivity contribution in [3.05, 3.63) is 29.8 Å². The van der Waals surface area contributed by atoms with Gasteiger partial charge in [-0.05, 0) is 30.0 Å². The number of hydrogen-bond acceptors (Lipinski definition) is 8. The van der Waals surface area contributed by atoms with Crippen molar-refractivity contribution in [1.29, 1.82) is 0 Å². The lowest BCUT2D eigenvalue weighted by Gasteiger charge is -2.25. The number of nitrogens with one attached hydrogen (secondary N) is 3. The van der Waals surface area contributed by atoms with Gasteiger partial charge in [0.15, 0.2) is 0 Å². The maximum absolute atomic E-state index is 12.9. The van der Waals surface area contributed by atoms with Crippen molar-refractivity contribution in [2.45, 2.75) is 50.9 Å². The Morgan fingerprint density at radius 2 is 1.39 bits per heavy atom. The highest BCUT2D eigenvalue weighted by atomic mass is 32.1. The predicted molar refractivity (Wildman–Crippen MR) is 130 cm³/mol. The van der Waals surface area contributed by atoms with Crippen LogP contribution in [0.1, 0.15) is 25.8 Å². The van der Waals surface area contributed by atoms with Crippen LogP contribution in [0, 0.1) is 5.92 Å². The van der Waals surface area contributed by atoms with Crippen LogP contribution in [0.3, 0.4) is 0 Å². The average molecular weight is 501 g/mol. The van der Waals surface area contributed by atoms with Gasteiger partial charge in [-0.15, -0.1) is 0 Å². The first-order valence-corrected chi connectivity index (χ1v) is 11.6. The van der Waals surface area contributed by atoms with E-state index in [9.17, 15) is 29.4 Å². The molecule has 0 aliphatic rings. The first-order valence-electron chi connectivity index (χ1n) is 10.4. The molecule has 184 valence electrons. The molecule has 0 aliphatic carbocycles. The van der Waals surface area contributed by atoms with Crippen molar-refractivity contribution in [3.8, 4) is 5.75 Å². The number of carbonyl (C=O) groups excluding carboxylic acids is 3. The minimum Gasteiger partial charge on any atom is -0.508 e. The standard InChI is InChI=1S/C21H32N4O6S2/c1-11(2)7-15(23-20(29)17(10-33)25-18(27)14(22)9-32)19(28)24-16(21(30)31)8-12-3-5-13(26)6-4-12/h3-6,11,14-17,26,32-33H,7-10,22H2,1-2H3,(H,23,29)(H,24,28)(H,25,27)(H,30,31).